The number of nitrogens with zero attached hydrogens (tertiary/aromatic N) is 2. The lowest BCUT2D eigenvalue weighted by Crippen LogP contribution is -2.38. The Morgan fingerprint density at radius 2 is 2.26 bits per heavy atom. The summed E-state index contributed by atoms with van der Waals surface area (Å²) in [4.78, 5) is 38.3. The fourth-order valence-corrected chi connectivity index (χ4v) is 2.03. The van der Waals surface area contributed by atoms with Crippen molar-refractivity contribution in [1.29, 1.82) is 0 Å². The van der Waals surface area contributed by atoms with E-state index in [2.05, 4.69) is 10.3 Å². The Labute approximate surface area is 110 Å². The van der Waals surface area contributed by atoms with Gasteiger partial charge in [0.05, 0.1) is 6.54 Å². The van der Waals surface area contributed by atoms with E-state index in [0.717, 1.165) is 6.20 Å². The third kappa shape index (κ3) is 2.61. The monoisotopic (exact) mass is 283 g/mol. The van der Waals surface area contributed by atoms with Crippen molar-refractivity contribution in [2.45, 2.75) is 6.10 Å². The summed E-state index contributed by atoms with van der Waals surface area (Å²) in [6.07, 6.45) is 0.888. The van der Waals surface area contributed by atoms with Crippen LogP contribution in [0.2, 0.25) is 0 Å². The number of amides is 1. The Bertz CT molecular complexity index is 692. The Kier molecular flexibility index (Phi) is 3.58. The number of carboxylic acids is 1. The van der Waals surface area contributed by atoms with Crippen LogP contribution in [0.3, 0.4) is 0 Å². The van der Waals surface area contributed by atoms with E-state index in [1.165, 1.54) is 21.9 Å². The van der Waals surface area contributed by atoms with Crippen molar-refractivity contribution in [3.8, 4) is 0 Å². The number of aliphatic hydroxyl groups excluding tert-OH is 1. The van der Waals surface area contributed by atoms with E-state index in [1.807, 2.05) is 0 Å². The lowest BCUT2D eigenvalue weighted by molar-refractivity contribution is -0.146. The molecular weight excluding hydrogens is 274 g/mol. The zero-order valence-electron chi connectivity index (χ0n) is 9.44. The molecule has 0 spiro atoms. The highest BCUT2D eigenvalue weighted by atomic mass is 32.1. The van der Waals surface area contributed by atoms with E-state index in [0.29, 0.717) is 4.96 Å². The first-order valence-corrected chi connectivity index (χ1v) is 6.02. The van der Waals surface area contributed by atoms with Crippen LogP contribution >= 0.6 is 11.3 Å². The quantitative estimate of drug-likeness (QED) is 0.657. The number of rotatable bonds is 4. The lowest BCUT2D eigenvalue weighted by atomic mass is 10.3. The summed E-state index contributed by atoms with van der Waals surface area (Å²) in [5.74, 6) is -2.23. The molecule has 19 heavy (non-hydrogen) atoms. The van der Waals surface area contributed by atoms with Crippen LogP contribution in [-0.2, 0) is 4.79 Å². The molecule has 0 fully saturated rings. The van der Waals surface area contributed by atoms with E-state index in [1.54, 1.807) is 5.38 Å². The van der Waals surface area contributed by atoms with Crippen LogP contribution in [0.4, 0.5) is 0 Å². The van der Waals surface area contributed by atoms with Crippen LogP contribution in [0, 0.1) is 0 Å². The Balaban J connectivity index is 2.20. The molecule has 100 valence electrons. The summed E-state index contributed by atoms with van der Waals surface area (Å²) in [7, 11) is 0. The Morgan fingerprint density at radius 3 is 2.95 bits per heavy atom. The van der Waals surface area contributed by atoms with Gasteiger partial charge in [0.15, 0.2) is 11.1 Å². The first-order chi connectivity index (χ1) is 9.00. The van der Waals surface area contributed by atoms with Crippen LogP contribution < -0.4 is 10.9 Å². The number of aliphatic carboxylic acids is 1. The predicted octanol–water partition coefficient (Wildman–Crippen LogP) is -1.07. The molecule has 2 rings (SSSR count). The van der Waals surface area contributed by atoms with Gasteiger partial charge >= 0.3 is 5.97 Å². The molecule has 0 saturated carbocycles. The molecule has 1 amide bonds. The van der Waals surface area contributed by atoms with Crippen LogP contribution in [0.15, 0.2) is 22.6 Å². The average molecular weight is 283 g/mol. The maximum Gasteiger partial charge on any atom is 0.334 e. The molecule has 0 aliphatic heterocycles. The van der Waals surface area contributed by atoms with E-state index in [-0.39, 0.29) is 5.56 Å². The van der Waals surface area contributed by atoms with Crippen LogP contribution in [0.5, 0.6) is 0 Å². The topological polar surface area (TPSA) is 121 Å². The molecule has 2 aromatic heterocycles. The first kappa shape index (κ1) is 13.2. The smallest absolute Gasteiger partial charge is 0.334 e. The van der Waals surface area contributed by atoms with Gasteiger partial charge < -0.3 is 15.5 Å². The number of carbonyl (C=O) groups is 2. The molecule has 8 nitrogen and oxygen atoms in total. The van der Waals surface area contributed by atoms with Gasteiger partial charge in [-0.1, -0.05) is 0 Å². The van der Waals surface area contributed by atoms with Gasteiger partial charge in [0.25, 0.3) is 11.5 Å². The van der Waals surface area contributed by atoms with Gasteiger partial charge in [-0.05, 0) is 0 Å². The van der Waals surface area contributed by atoms with E-state index in [4.69, 9.17) is 10.2 Å². The minimum Gasteiger partial charge on any atom is -0.479 e. The summed E-state index contributed by atoms with van der Waals surface area (Å²) >= 11 is 1.25. The largest absolute Gasteiger partial charge is 0.479 e. The Morgan fingerprint density at radius 1 is 1.53 bits per heavy atom. The maximum atomic E-state index is 11.9. The van der Waals surface area contributed by atoms with Crippen molar-refractivity contribution in [3.05, 3.63) is 33.7 Å². The third-order valence-electron chi connectivity index (χ3n) is 2.33. The van der Waals surface area contributed by atoms with Gasteiger partial charge in [-0.2, -0.15) is 0 Å². The summed E-state index contributed by atoms with van der Waals surface area (Å²) < 4.78 is 1.22. The highest BCUT2D eigenvalue weighted by Gasteiger charge is 2.17. The second kappa shape index (κ2) is 5.16. The molecule has 1 atom stereocenters. The SMILES string of the molecule is O=C(NC[C@H](O)C(=O)O)c1cnc2sccn2c1=O. The van der Waals surface area contributed by atoms with Crippen LogP contribution in [0.1, 0.15) is 10.4 Å². The predicted molar refractivity (Wildman–Crippen MR) is 65.3 cm³/mol. The molecule has 0 aliphatic carbocycles. The zero-order valence-corrected chi connectivity index (χ0v) is 10.3. The number of aliphatic hydroxyl groups is 1. The normalized spacial score (nSPS) is 12.3. The molecule has 0 saturated heterocycles. The second-order valence-corrected chi connectivity index (χ2v) is 4.47. The van der Waals surface area contributed by atoms with Crippen LogP contribution in [-0.4, -0.2) is 44.1 Å². The molecule has 0 radical (unpaired) electrons. The minimum absolute atomic E-state index is 0.214. The number of nitrogens with one attached hydrogen (secondary N) is 1. The van der Waals surface area contributed by atoms with Gasteiger partial charge in [-0.25, -0.2) is 9.78 Å². The van der Waals surface area contributed by atoms with Crippen molar-refractivity contribution >= 4 is 28.2 Å². The van der Waals surface area contributed by atoms with Gasteiger partial charge in [0.2, 0.25) is 0 Å². The third-order valence-corrected chi connectivity index (χ3v) is 3.10. The molecule has 0 bridgehead atoms. The minimum atomic E-state index is -1.72. The van der Waals surface area contributed by atoms with Crippen molar-refractivity contribution in [3.63, 3.8) is 0 Å². The van der Waals surface area contributed by atoms with Gasteiger partial charge in [0.1, 0.15) is 5.56 Å². The molecule has 2 heterocycles. The number of fused-ring (bicyclic) bond motifs is 1. The number of hydrogen-bond donors (Lipinski definition) is 3. The molecular formula is C10H9N3O5S. The summed E-state index contributed by atoms with van der Waals surface area (Å²) in [5.41, 5.74) is -0.762. The first-order valence-electron chi connectivity index (χ1n) is 5.14. The fraction of sp³-hybridized carbons (Fsp3) is 0.200. The van der Waals surface area contributed by atoms with Crippen molar-refractivity contribution in [1.82, 2.24) is 14.7 Å². The number of hydrogen-bond acceptors (Lipinski definition) is 6. The van der Waals surface area contributed by atoms with Crippen molar-refractivity contribution in [2.24, 2.45) is 0 Å². The zero-order chi connectivity index (χ0) is 14.0. The Hall–Kier alpha value is -2.26. The highest BCUT2D eigenvalue weighted by molar-refractivity contribution is 7.15. The average Bonchev–Trinajstić information content (AvgIpc) is 2.85. The number of thiazole rings is 1. The van der Waals surface area contributed by atoms with Crippen molar-refractivity contribution < 1.29 is 19.8 Å². The number of carbonyl (C=O) groups excluding carboxylic acids is 1. The molecule has 0 aliphatic rings. The summed E-state index contributed by atoms with van der Waals surface area (Å²) in [5, 5.41) is 21.3. The molecule has 9 heteroatoms. The molecule has 0 aromatic carbocycles. The summed E-state index contributed by atoms with van der Waals surface area (Å²) in [6, 6.07) is 0. The van der Waals surface area contributed by atoms with Gasteiger partial charge in [-0.15, -0.1) is 11.3 Å². The molecule has 3 N–H and O–H groups in total. The van der Waals surface area contributed by atoms with E-state index >= 15 is 0 Å². The number of aromatic nitrogens is 2. The molecule has 0 unspecified atom stereocenters. The maximum absolute atomic E-state index is 11.9. The lowest BCUT2D eigenvalue weighted by Gasteiger charge is -2.07. The number of carboxylic acid groups (broad SMARTS) is 1. The fourth-order valence-electron chi connectivity index (χ4n) is 1.35. The summed E-state index contributed by atoms with van der Waals surface area (Å²) in [6.45, 7) is -0.486. The van der Waals surface area contributed by atoms with Crippen molar-refractivity contribution in [2.75, 3.05) is 6.54 Å². The van der Waals surface area contributed by atoms with Gasteiger partial charge in [0, 0.05) is 17.8 Å². The molecule has 2 aromatic rings. The standard InChI is InChI=1S/C10H9N3O5S/c14-6(9(17)18)4-11-7(15)5-3-12-10-13(8(5)16)1-2-19-10/h1-3,6,14H,4H2,(H,11,15)(H,17,18)/t6-/m0/s1. The van der Waals surface area contributed by atoms with Gasteiger partial charge in [-0.3, -0.25) is 14.0 Å². The highest BCUT2D eigenvalue weighted by Crippen LogP contribution is 2.05. The van der Waals surface area contributed by atoms with E-state index in [9.17, 15) is 14.4 Å². The van der Waals surface area contributed by atoms with E-state index < -0.39 is 30.1 Å². The van der Waals surface area contributed by atoms with Crippen LogP contribution in [0.25, 0.3) is 4.96 Å². The second-order valence-electron chi connectivity index (χ2n) is 3.60.